The van der Waals surface area contributed by atoms with E-state index < -0.39 is 17.9 Å². The van der Waals surface area contributed by atoms with Crippen LogP contribution >= 0.6 is 0 Å². The van der Waals surface area contributed by atoms with Crippen LogP contribution in [0.5, 0.6) is 0 Å². The summed E-state index contributed by atoms with van der Waals surface area (Å²) in [4.78, 5) is 12.3. The molecule has 0 aromatic rings. The molecule has 108 valence electrons. The number of carbonyl (C=O) groups is 1. The summed E-state index contributed by atoms with van der Waals surface area (Å²) < 4.78 is 31.4. The van der Waals surface area contributed by atoms with E-state index in [0.29, 0.717) is 17.8 Å². The molecule has 4 saturated carbocycles. The molecule has 0 radical (unpaired) electrons. The fourth-order valence-corrected chi connectivity index (χ4v) is 4.79. The first kappa shape index (κ1) is 13.3. The number of halogens is 2. The molecule has 0 atom stereocenters. The van der Waals surface area contributed by atoms with Gasteiger partial charge in [0, 0.05) is 6.42 Å². The zero-order chi connectivity index (χ0) is 13.7. The third kappa shape index (κ3) is 2.38. The van der Waals surface area contributed by atoms with E-state index in [1.165, 1.54) is 26.2 Å². The zero-order valence-electron chi connectivity index (χ0n) is 11.5. The molecule has 19 heavy (non-hydrogen) atoms. The summed E-state index contributed by atoms with van der Waals surface area (Å²) in [6, 6.07) is 0. The smallest absolute Gasteiger partial charge is 0.312 e. The Labute approximate surface area is 112 Å². The van der Waals surface area contributed by atoms with Gasteiger partial charge in [-0.15, -0.1) is 0 Å². The third-order valence-electron chi connectivity index (χ3n) is 5.40. The molecule has 0 saturated heterocycles. The standard InChI is InChI=1S/C15H22F2O2/c1-2-15(16,17)9-19-13(18)14-6-10-3-11(7-14)5-12(4-10)8-14/h10-12H,2-9H2,1H3. The lowest BCUT2D eigenvalue weighted by Gasteiger charge is -2.55. The van der Waals surface area contributed by atoms with Crippen LogP contribution in [0.4, 0.5) is 8.78 Å². The summed E-state index contributed by atoms with van der Waals surface area (Å²) in [5.41, 5.74) is -0.418. The Morgan fingerprint density at radius 3 is 2.05 bits per heavy atom. The topological polar surface area (TPSA) is 26.3 Å². The van der Waals surface area contributed by atoms with E-state index in [1.54, 1.807) is 0 Å². The van der Waals surface area contributed by atoms with Gasteiger partial charge in [0.2, 0.25) is 0 Å². The fourth-order valence-electron chi connectivity index (χ4n) is 4.79. The molecule has 0 amide bonds. The normalized spacial score (nSPS) is 40.5. The van der Waals surface area contributed by atoms with Crippen LogP contribution in [0.25, 0.3) is 0 Å². The molecular weight excluding hydrogens is 250 g/mol. The summed E-state index contributed by atoms with van der Waals surface area (Å²) in [7, 11) is 0. The van der Waals surface area contributed by atoms with Gasteiger partial charge in [0.05, 0.1) is 5.41 Å². The number of alkyl halides is 2. The van der Waals surface area contributed by atoms with Crippen LogP contribution in [0.2, 0.25) is 0 Å². The molecule has 0 spiro atoms. The van der Waals surface area contributed by atoms with Gasteiger partial charge in [0.1, 0.15) is 0 Å². The molecule has 0 aliphatic heterocycles. The monoisotopic (exact) mass is 272 g/mol. The zero-order valence-corrected chi connectivity index (χ0v) is 11.5. The third-order valence-corrected chi connectivity index (χ3v) is 5.40. The van der Waals surface area contributed by atoms with E-state index in [1.807, 2.05) is 0 Å². The first-order chi connectivity index (χ1) is 8.92. The van der Waals surface area contributed by atoms with Crippen LogP contribution in [0.15, 0.2) is 0 Å². The SMILES string of the molecule is CCC(F)(F)COC(=O)C12CC3CC(CC(C3)C1)C2. The Hall–Kier alpha value is -0.670. The Bertz CT molecular complexity index is 343. The van der Waals surface area contributed by atoms with Gasteiger partial charge in [-0.25, -0.2) is 8.78 Å². The van der Waals surface area contributed by atoms with Crippen LogP contribution < -0.4 is 0 Å². The summed E-state index contributed by atoms with van der Waals surface area (Å²) in [6.07, 6.45) is 6.04. The maximum absolute atomic E-state index is 13.2. The number of hydrogen-bond acceptors (Lipinski definition) is 2. The van der Waals surface area contributed by atoms with Crippen molar-refractivity contribution >= 4 is 5.97 Å². The van der Waals surface area contributed by atoms with Crippen molar-refractivity contribution in [2.45, 2.75) is 57.8 Å². The lowest BCUT2D eigenvalue weighted by Crippen LogP contribution is -2.51. The van der Waals surface area contributed by atoms with Crippen LogP contribution in [0.1, 0.15) is 51.9 Å². The van der Waals surface area contributed by atoms with Gasteiger partial charge >= 0.3 is 5.97 Å². The van der Waals surface area contributed by atoms with E-state index in [-0.39, 0.29) is 12.4 Å². The largest absolute Gasteiger partial charge is 0.459 e. The molecule has 4 bridgehead atoms. The number of carbonyl (C=O) groups excluding carboxylic acids is 1. The van der Waals surface area contributed by atoms with Crippen molar-refractivity contribution in [3.63, 3.8) is 0 Å². The van der Waals surface area contributed by atoms with E-state index in [9.17, 15) is 13.6 Å². The molecule has 4 aliphatic carbocycles. The van der Waals surface area contributed by atoms with Gasteiger partial charge in [-0.1, -0.05) is 6.92 Å². The molecule has 4 rings (SSSR count). The number of ether oxygens (including phenoxy) is 1. The van der Waals surface area contributed by atoms with Gasteiger partial charge in [-0.05, 0) is 56.3 Å². The molecular formula is C15H22F2O2. The molecule has 4 fully saturated rings. The van der Waals surface area contributed by atoms with E-state index in [4.69, 9.17) is 4.74 Å². The van der Waals surface area contributed by atoms with Gasteiger partial charge in [-0.2, -0.15) is 0 Å². The molecule has 0 unspecified atom stereocenters. The van der Waals surface area contributed by atoms with Crippen molar-refractivity contribution < 1.29 is 18.3 Å². The summed E-state index contributed by atoms with van der Waals surface area (Å²) in [5.74, 6) is -1.33. The van der Waals surface area contributed by atoms with Crippen molar-refractivity contribution in [2.75, 3.05) is 6.61 Å². The minimum Gasteiger partial charge on any atom is -0.459 e. The highest BCUT2D eigenvalue weighted by atomic mass is 19.3. The van der Waals surface area contributed by atoms with Crippen molar-refractivity contribution in [1.82, 2.24) is 0 Å². The average molecular weight is 272 g/mol. The van der Waals surface area contributed by atoms with E-state index >= 15 is 0 Å². The maximum Gasteiger partial charge on any atom is 0.312 e. The predicted octanol–water partition coefficient (Wildman–Crippen LogP) is 3.79. The van der Waals surface area contributed by atoms with Gasteiger partial charge in [0.25, 0.3) is 5.92 Å². The summed E-state index contributed by atoms with van der Waals surface area (Å²) in [5, 5.41) is 0. The lowest BCUT2D eigenvalue weighted by atomic mass is 9.49. The van der Waals surface area contributed by atoms with Gasteiger partial charge in [0.15, 0.2) is 6.61 Å². The molecule has 2 nitrogen and oxygen atoms in total. The van der Waals surface area contributed by atoms with Gasteiger partial charge < -0.3 is 4.74 Å². The van der Waals surface area contributed by atoms with Crippen LogP contribution in [-0.2, 0) is 9.53 Å². The minimum atomic E-state index is -2.88. The second kappa shape index (κ2) is 4.42. The van der Waals surface area contributed by atoms with E-state index in [2.05, 4.69) is 0 Å². The second-order valence-electron chi connectivity index (χ2n) is 6.98. The Morgan fingerprint density at radius 1 is 1.16 bits per heavy atom. The quantitative estimate of drug-likeness (QED) is 0.728. The van der Waals surface area contributed by atoms with Crippen LogP contribution in [0.3, 0.4) is 0 Å². The Morgan fingerprint density at radius 2 is 1.63 bits per heavy atom. The van der Waals surface area contributed by atoms with Gasteiger partial charge in [-0.3, -0.25) is 4.79 Å². The lowest BCUT2D eigenvalue weighted by molar-refractivity contribution is -0.181. The highest BCUT2D eigenvalue weighted by molar-refractivity contribution is 5.77. The molecule has 4 heteroatoms. The van der Waals surface area contributed by atoms with Crippen molar-refractivity contribution in [2.24, 2.45) is 23.2 Å². The van der Waals surface area contributed by atoms with Crippen molar-refractivity contribution in [1.29, 1.82) is 0 Å². The van der Waals surface area contributed by atoms with Crippen molar-refractivity contribution in [3.8, 4) is 0 Å². The first-order valence-corrected chi connectivity index (χ1v) is 7.47. The minimum absolute atomic E-state index is 0.277. The van der Waals surface area contributed by atoms with E-state index in [0.717, 1.165) is 19.3 Å². The van der Waals surface area contributed by atoms with Crippen molar-refractivity contribution in [3.05, 3.63) is 0 Å². The molecule has 0 heterocycles. The second-order valence-corrected chi connectivity index (χ2v) is 6.98. The van der Waals surface area contributed by atoms with Crippen LogP contribution in [0, 0.1) is 23.2 Å². The average Bonchev–Trinajstić information content (AvgIpc) is 2.34. The summed E-state index contributed by atoms with van der Waals surface area (Å²) >= 11 is 0. The highest BCUT2D eigenvalue weighted by Crippen LogP contribution is 2.60. The maximum atomic E-state index is 13.2. The Kier molecular flexibility index (Phi) is 3.10. The molecule has 0 aromatic carbocycles. The molecule has 0 N–H and O–H groups in total. The predicted molar refractivity (Wildman–Crippen MR) is 66.8 cm³/mol. The van der Waals surface area contributed by atoms with Crippen LogP contribution in [-0.4, -0.2) is 18.5 Å². The highest BCUT2D eigenvalue weighted by Gasteiger charge is 2.55. The Balaban J connectivity index is 1.66. The number of hydrogen-bond donors (Lipinski definition) is 0. The number of esters is 1. The summed E-state index contributed by atoms with van der Waals surface area (Å²) in [6.45, 7) is 0.669. The molecule has 4 aliphatic rings. The molecule has 0 aromatic heterocycles. The first-order valence-electron chi connectivity index (χ1n) is 7.47. The fraction of sp³-hybridized carbons (Fsp3) is 0.933. The number of rotatable bonds is 4.